The molecule has 0 atom stereocenters. The second-order valence-electron chi connectivity index (χ2n) is 17.3. The standard InChI is InChI=1S/C56H45N/c1-3-12-39(13-4-1)43-25-29-55(51(35-43)42-14-5-2-6-15-42)57(54-21-11-17-41-16-7-8-18-48(41)54)47-26-22-40(23-27-47)44-24-28-50-49-19-9-10-20-52(49)56(53(50)36-44)45-31-37-30-38(33-45)34-46(56)32-37/h1-29,35-38,45-46H,30-34H2. The molecule has 0 aliphatic heterocycles. The number of hydrogen-bond acceptors (Lipinski definition) is 1. The van der Waals surface area contributed by atoms with Crippen LogP contribution in [0.5, 0.6) is 0 Å². The van der Waals surface area contributed by atoms with Crippen molar-refractivity contribution in [3.63, 3.8) is 0 Å². The lowest BCUT2D eigenvalue weighted by Gasteiger charge is -2.61. The SMILES string of the molecule is c1ccc(-c2ccc(N(c3ccc(-c4ccc5c(c4)C4(c6ccccc6-5)C5CC6CC(C5)CC4C6)cc3)c3cccc4ccccc34)c(-c3ccccc3)c2)cc1. The number of rotatable bonds is 6. The molecular formula is C56H45N. The average Bonchev–Trinajstić information content (AvgIpc) is 3.56. The third-order valence-electron chi connectivity index (χ3n) is 14.4. The summed E-state index contributed by atoms with van der Waals surface area (Å²) >= 11 is 0. The van der Waals surface area contributed by atoms with Gasteiger partial charge in [0.15, 0.2) is 0 Å². The van der Waals surface area contributed by atoms with Gasteiger partial charge in [-0.1, -0.05) is 152 Å². The zero-order valence-electron chi connectivity index (χ0n) is 32.2. The molecule has 0 heterocycles. The van der Waals surface area contributed by atoms with Gasteiger partial charge in [-0.05, 0) is 148 Å². The maximum atomic E-state index is 2.62. The summed E-state index contributed by atoms with van der Waals surface area (Å²) in [5.41, 5.74) is 17.3. The first-order valence-electron chi connectivity index (χ1n) is 21.1. The van der Waals surface area contributed by atoms with Crippen LogP contribution in [-0.4, -0.2) is 0 Å². The summed E-state index contributed by atoms with van der Waals surface area (Å²) in [4.78, 5) is 2.48. The van der Waals surface area contributed by atoms with Gasteiger partial charge in [0.25, 0.3) is 0 Å². The summed E-state index contributed by atoms with van der Waals surface area (Å²) in [5.74, 6) is 3.39. The predicted octanol–water partition coefficient (Wildman–Crippen LogP) is 15.0. The van der Waals surface area contributed by atoms with Crippen LogP contribution in [-0.2, 0) is 5.41 Å². The topological polar surface area (TPSA) is 3.24 Å². The van der Waals surface area contributed by atoms with E-state index in [-0.39, 0.29) is 5.41 Å². The molecule has 8 aromatic rings. The van der Waals surface area contributed by atoms with Crippen LogP contribution in [0.15, 0.2) is 188 Å². The van der Waals surface area contributed by atoms with E-state index in [0.717, 1.165) is 35.0 Å². The minimum absolute atomic E-state index is 0.167. The first-order chi connectivity index (χ1) is 28.2. The van der Waals surface area contributed by atoms with E-state index in [1.807, 2.05) is 0 Å². The lowest BCUT2D eigenvalue weighted by Crippen LogP contribution is -2.55. The smallest absolute Gasteiger partial charge is 0.0540 e. The van der Waals surface area contributed by atoms with E-state index in [1.165, 1.54) is 93.1 Å². The normalized spacial score (nSPS) is 22.5. The van der Waals surface area contributed by atoms with Gasteiger partial charge in [-0.3, -0.25) is 0 Å². The molecule has 1 nitrogen and oxygen atoms in total. The van der Waals surface area contributed by atoms with Crippen molar-refractivity contribution < 1.29 is 0 Å². The van der Waals surface area contributed by atoms with Crippen molar-refractivity contribution >= 4 is 27.8 Å². The fourth-order valence-electron chi connectivity index (χ4n) is 12.3. The van der Waals surface area contributed by atoms with Gasteiger partial charge in [-0.2, -0.15) is 0 Å². The predicted molar refractivity (Wildman–Crippen MR) is 238 cm³/mol. The summed E-state index contributed by atoms with van der Waals surface area (Å²) < 4.78 is 0. The second-order valence-corrected chi connectivity index (χ2v) is 17.3. The molecule has 1 spiro atoms. The minimum atomic E-state index is 0.167. The zero-order valence-corrected chi connectivity index (χ0v) is 32.2. The number of fused-ring (bicyclic) bond motifs is 4. The quantitative estimate of drug-likeness (QED) is 0.165. The van der Waals surface area contributed by atoms with E-state index in [9.17, 15) is 0 Å². The number of nitrogens with zero attached hydrogens (tertiary/aromatic N) is 1. The average molecular weight is 732 g/mol. The summed E-state index contributed by atoms with van der Waals surface area (Å²) in [5, 5.41) is 2.46. The number of hydrogen-bond donors (Lipinski definition) is 0. The van der Waals surface area contributed by atoms with E-state index >= 15 is 0 Å². The molecule has 57 heavy (non-hydrogen) atoms. The molecule has 4 fully saturated rings. The molecule has 274 valence electrons. The highest BCUT2D eigenvalue weighted by Crippen LogP contribution is 2.69. The maximum absolute atomic E-state index is 2.62. The van der Waals surface area contributed by atoms with Gasteiger partial charge in [0, 0.05) is 22.1 Å². The highest BCUT2D eigenvalue weighted by molar-refractivity contribution is 6.01. The van der Waals surface area contributed by atoms with E-state index in [1.54, 1.807) is 11.1 Å². The Bertz CT molecular complexity index is 2760. The van der Waals surface area contributed by atoms with E-state index < -0.39 is 0 Å². The molecule has 5 aliphatic rings. The van der Waals surface area contributed by atoms with Crippen LogP contribution in [0.2, 0.25) is 0 Å². The first kappa shape index (κ1) is 33.0. The van der Waals surface area contributed by atoms with E-state index in [2.05, 4.69) is 193 Å². The maximum Gasteiger partial charge on any atom is 0.0540 e. The van der Waals surface area contributed by atoms with Gasteiger partial charge in [0.05, 0.1) is 11.4 Å². The third-order valence-corrected chi connectivity index (χ3v) is 14.4. The monoisotopic (exact) mass is 731 g/mol. The molecule has 4 bridgehead atoms. The minimum Gasteiger partial charge on any atom is -0.309 e. The van der Waals surface area contributed by atoms with Crippen LogP contribution >= 0.6 is 0 Å². The van der Waals surface area contributed by atoms with E-state index in [0.29, 0.717) is 0 Å². The zero-order chi connectivity index (χ0) is 37.5. The van der Waals surface area contributed by atoms with Crippen molar-refractivity contribution in [2.45, 2.75) is 37.5 Å². The Hall–Kier alpha value is -6.18. The number of benzene rings is 8. The Morgan fingerprint density at radius 2 is 0.947 bits per heavy atom. The van der Waals surface area contributed by atoms with Crippen LogP contribution in [0.1, 0.15) is 43.2 Å². The molecule has 0 amide bonds. The molecule has 0 unspecified atom stereocenters. The molecule has 13 rings (SSSR count). The van der Waals surface area contributed by atoms with E-state index in [4.69, 9.17) is 0 Å². The second kappa shape index (κ2) is 12.9. The molecule has 0 N–H and O–H groups in total. The highest BCUT2D eigenvalue weighted by Gasteiger charge is 2.61. The summed E-state index contributed by atoms with van der Waals surface area (Å²) in [6.45, 7) is 0. The van der Waals surface area contributed by atoms with Crippen molar-refractivity contribution in [2.24, 2.45) is 23.7 Å². The molecule has 4 saturated carbocycles. The molecule has 5 aliphatic carbocycles. The molecular weight excluding hydrogens is 687 g/mol. The van der Waals surface area contributed by atoms with Crippen LogP contribution in [0.4, 0.5) is 17.1 Å². The summed E-state index contributed by atoms with van der Waals surface area (Å²) in [6, 6.07) is 70.4. The Balaban J connectivity index is 1.00. The van der Waals surface area contributed by atoms with Gasteiger partial charge in [-0.15, -0.1) is 0 Å². The fraction of sp³-hybridized carbons (Fsp3) is 0.179. The van der Waals surface area contributed by atoms with Gasteiger partial charge < -0.3 is 4.90 Å². The largest absolute Gasteiger partial charge is 0.309 e. The van der Waals surface area contributed by atoms with Crippen LogP contribution in [0, 0.1) is 23.7 Å². The van der Waals surface area contributed by atoms with Gasteiger partial charge >= 0.3 is 0 Å². The Morgan fingerprint density at radius 1 is 0.368 bits per heavy atom. The van der Waals surface area contributed by atoms with Crippen LogP contribution < -0.4 is 4.90 Å². The van der Waals surface area contributed by atoms with Gasteiger partial charge in [0.1, 0.15) is 0 Å². The van der Waals surface area contributed by atoms with Crippen molar-refractivity contribution in [3.05, 3.63) is 199 Å². The summed E-state index contributed by atoms with van der Waals surface area (Å²) in [7, 11) is 0. The highest BCUT2D eigenvalue weighted by atomic mass is 15.1. The van der Waals surface area contributed by atoms with Crippen LogP contribution in [0.25, 0.3) is 55.3 Å². The molecule has 8 aromatic carbocycles. The third kappa shape index (κ3) is 5.08. The first-order valence-corrected chi connectivity index (χ1v) is 21.1. The van der Waals surface area contributed by atoms with Crippen LogP contribution in [0.3, 0.4) is 0 Å². The lowest BCUT2D eigenvalue weighted by atomic mass is 9.43. The Kier molecular flexibility index (Phi) is 7.49. The fourth-order valence-corrected chi connectivity index (χ4v) is 12.3. The summed E-state index contributed by atoms with van der Waals surface area (Å²) in [6.07, 6.45) is 7.09. The molecule has 0 radical (unpaired) electrons. The van der Waals surface area contributed by atoms with Crippen molar-refractivity contribution in [3.8, 4) is 44.5 Å². The number of anilines is 3. The van der Waals surface area contributed by atoms with Gasteiger partial charge in [-0.25, -0.2) is 0 Å². The molecule has 1 heteroatoms. The Labute approximate surface area is 336 Å². The molecule has 0 saturated heterocycles. The molecule has 0 aromatic heterocycles. The lowest BCUT2D eigenvalue weighted by molar-refractivity contribution is -0.0399. The van der Waals surface area contributed by atoms with Crippen molar-refractivity contribution in [2.75, 3.05) is 4.90 Å². The van der Waals surface area contributed by atoms with Crippen molar-refractivity contribution in [1.82, 2.24) is 0 Å². The van der Waals surface area contributed by atoms with Gasteiger partial charge in [0.2, 0.25) is 0 Å². The van der Waals surface area contributed by atoms with Crippen molar-refractivity contribution in [1.29, 1.82) is 0 Å². The Morgan fingerprint density at radius 3 is 1.72 bits per heavy atom.